The molecule has 0 fully saturated rings. The summed E-state index contributed by atoms with van der Waals surface area (Å²) in [5.74, 6) is -2.67. The van der Waals surface area contributed by atoms with Crippen molar-refractivity contribution in [2.24, 2.45) is 0 Å². The Morgan fingerprint density at radius 1 is 1.20 bits per heavy atom. The molecule has 0 bridgehead atoms. The van der Waals surface area contributed by atoms with Crippen molar-refractivity contribution in [3.63, 3.8) is 0 Å². The molecule has 3 rings (SSSR count). The number of carbonyl (C=O) groups is 1. The number of hydrogen-bond donors (Lipinski definition) is 3. The minimum atomic E-state index is -4.80. The molecule has 0 saturated heterocycles. The lowest BCUT2D eigenvalue weighted by Crippen LogP contribution is -2.28. The summed E-state index contributed by atoms with van der Waals surface area (Å²) in [5, 5.41) is 9.53. The smallest absolute Gasteiger partial charge is 0.357 e. The molecule has 3 N–H and O–H groups in total. The first kappa shape index (κ1) is 17.1. The van der Waals surface area contributed by atoms with Crippen LogP contribution in [-0.4, -0.2) is 25.9 Å². The summed E-state index contributed by atoms with van der Waals surface area (Å²) in [6, 6.07) is 9.66. The van der Waals surface area contributed by atoms with Crippen LogP contribution in [0.25, 0.3) is 11.7 Å². The Hall–Kier alpha value is -2.74. The third-order valence-corrected chi connectivity index (χ3v) is 4.35. The second-order valence-electron chi connectivity index (χ2n) is 5.25. The van der Waals surface area contributed by atoms with Crippen LogP contribution in [0.2, 0.25) is 0 Å². The van der Waals surface area contributed by atoms with Crippen LogP contribution >= 0.6 is 7.60 Å². The van der Waals surface area contributed by atoms with E-state index in [1.165, 1.54) is 6.26 Å². The number of aryl methyl sites for hydroxylation is 1. The third kappa shape index (κ3) is 3.85. The molecule has 0 aliphatic heterocycles. The first-order valence-electron chi connectivity index (χ1n) is 7.14. The number of furan rings is 1. The first-order chi connectivity index (χ1) is 11.8. The fourth-order valence-corrected chi connectivity index (χ4v) is 2.72. The van der Waals surface area contributed by atoms with E-state index in [1.54, 1.807) is 36.4 Å². The summed E-state index contributed by atoms with van der Waals surface area (Å²) < 4.78 is 22.1. The number of amides is 1. The number of nitrogens with one attached hydrogen (secondary N) is 1. The summed E-state index contributed by atoms with van der Waals surface area (Å²) in [4.78, 5) is 31.4. The molecule has 130 valence electrons. The van der Waals surface area contributed by atoms with Gasteiger partial charge < -0.3 is 23.9 Å². The highest BCUT2D eigenvalue weighted by atomic mass is 31.2. The Morgan fingerprint density at radius 2 is 1.92 bits per heavy atom. The molecule has 0 aliphatic carbocycles. The van der Waals surface area contributed by atoms with Crippen molar-refractivity contribution < 1.29 is 28.0 Å². The average molecular weight is 363 g/mol. The van der Waals surface area contributed by atoms with Gasteiger partial charge in [0, 0.05) is 5.56 Å². The van der Waals surface area contributed by atoms with Crippen LogP contribution in [0.15, 0.2) is 51.5 Å². The van der Waals surface area contributed by atoms with Gasteiger partial charge in [0.25, 0.3) is 17.7 Å². The molecule has 1 atom stereocenters. The summed E-state index contributed by atoms with van der Waals surface area (Å²) >= 11 is 0. The van der Waals surface area contributed by atoms with Crippen LogP contribution in [0.3, 0.4) is 0 Å². The van der Waals surface area contributed by atoms with Gasteiger partial charge in [0.05, 0.1) is 6.26 Å². The molecular weight excluding hydrogens is 349 g/mol. The van der Waals surface area contributed by atoms with Crippen molar-refractivity contribution in [3.05, 3.63) is 59.7 Å². The summed E-state index contributed by atoms with van der Waals surface area (Å²) in [7, 11) is -4.80. The van der Waals surface area contributed by atoms with Gasteiger partial charge in [0.2, 0.25) is 5.78 Å². The maximum absolute atomic E-state index is 12.3. The second-order valence-corrected chi connectivity index (χ2v) is 6.95. The lowest BCUT2D eigenvalue weighted by molar-refractivity contribution is 0.0938. The van der Waals surface area contributed by atoms with E-state index in [9.17, 15) is 19.1 Å². The van der Waals surface area contributed by atoms with Gasteiger partial charge in [-0.15, -0.1) is 10.2 Å². The maximum Gasteiger partial charge on any atom is 0.357 e. The zero-order chi connectivity index (χ0) is 18.0. The van der Waals surface area contributed by atoms with Gasteiger partial charge >= 0.3 is 7.60 Å². The molecule has 25 heavy (non-hydrogen) atoms. The van der Waals surface area contributed by atoms with Gasteiger partial charge in [0.15, 0.2) is 5.76 Å². The molecule has 0 aliphatic rings. The van der Waals surface area contributed by atoms with Gasteiger partial charge in [-0.1, -0.05) is 17.7 Å². The van der Waals surface area contributed by atoms with Crippen LogP contribution < -0.4 is 5.32 Å². The van der Waals surface area contributed by atoms with E-state index >= 15 is 0 Å². The lowest BCUT2D eigenvalue weighted by atomic mass is 10.1. The number of rotatable bonds is 5. The highest BCUT2D eigenvalue weighted by Gasteiger charge is 2.37. The van der Waals surface area contributed by atoms with Gasteiger partial charge in [-0.2, -0.15) is 0 Å². The predicted molar refractivity (Wildman–Crippen MR) is 85.4 cm³/mol. The summed E-state index contributed by atoms with van der Waals surface area (Å²) in [5.41, 5.74) is 1.19. The Labute approximate surface area is 141 Å². The van der Waals surface area contributed by atoms with Crippen molar-refractivity contribution >= 4 is 13.5 Å². The van der Waals surface area contributed by atoms with Crippen molar-refractivity contribution in [2.75, 3.05) is 0 Å². The molecule has 1 amide bonds. The van der Waals surface area contributed by atoms with Gasteiger partial charge in [0.1, 0.15) is 0 Å². The molecule has 2 aromatic heterocycles. The molecule has 3 aromatic rings. The first-order valence-corrected chi connectivity index (χ1v) is 8.83. The van der Waals surface area contributed by atoms with Gasteiger partial charge in [-0.25, -0.2) is 0 Å². The van der Waals surface area contributed by atoms with E-state index < -0.39 is 25.2 Å². The van der Waals surface area contributed by atoms with Crippen molar-refractivity contribution in [3.8, 4) is 11.7 Å². The highest BCUT2D eigenvalue weighted by Crippen LogP contribution is 2.49. The fourth-order valence-electron chi connectivity index (χ4n) is 2.05. The fraction of sp³-hybridized carbons (Fsp3) is 0.133. The average Bonchev–Trinajstić information content (AvgIpc) is 3.23. The molecule has 1 aromatic carbocycles. The van der Waals surface area contributed by atoms with Gasteiger partial charge in [-0.3, -0.25) is 9.36 Å². The topological polar surface area (TPSA) is 139 Å². The summed E-state index contributed by atoms with van der Waals surface area (Å²) in [6.45, 7) is 1.86. The predicted octanol–water partition coefficient (Wildman–Crippen LogP) is 2.24. The van der Waals surface area contributed by atoms with Crippen molar-refractivity contribution in [2.45, 2.75) is 12.7 Å². The highest BCUT2D eigenvalue weighted by molar-refractivity contribution is 7.52. The Kier molecular flexibility index (Phi) is 4.54. The molecule has 0 spiro atoms. The number of benzene rings is 1. The van der Waals surface area contributed by atoms with Crippen molar-refractivity contribution in [1.82, 2.24) is 15.5 Å². The number of aromatic nitrogens is 2. The van der Waals surface area contributed by atoms with Crippen LogP contribution in [0.4, 0.5) is 0 Å². The summed E-state index contributed by atoms with van der Waals surface area (Å²) in [6.07, 6.45) is 1.39. The van der Waals surface area contributed by atoms with Crippen LogP contribution in [0, 0.1) is 6.92 Å². The minimum absolute atomic E-state index is 0.0527. The second kappa shape index (κ2) is 6.64. The minimum Gasteiger partial charge on any atom is -0.459 e. The molecule has 2 heterocycles. The van der Waals surface area contributed by atoms with Gasteiger partial charge in [-0.05, 0) is 31.2 Å². The Morgan fingerprint density at radius 3 is 2.52 bits per heavy atom. The zero-order valence-electron chi connectivity index (χ0n) is 13.0. The molecule has 0 radical (unpaired) electrons. The van der Waals surface area contributed by atoms with E-state index in [0.717, 1.165) is 5.56 Å². The van der Waals surface area contributed by atoms with E-state index in [-0.39, 0.29) is 17.2 Å². The van der Waals surface area contributed by atoms with Crippen LogP contribution in [0.1, 0.15) is 27.6 Å². The Balaban J connectivity index is 1.87. The van der Waals surface area contributed by atoms with Crippen LogP contribution in [0.5, 0.6) is 0 Å². The largest absolute Gasteiger partial charge is 0.459 e. The third-order valence-electron chi connectivity index (χ3n) is 3.32. The zero-order valence-corrected chi connectivity index (χ0v) is 13.9. The number of hydrogen-bond acceptors (Lipinski definition) is 6. The molecule has 9 nitrogen and oxygen atoms in total. The molecular formula is C15H14N3O6P. The Bertz CT molecular complexity index is 913. The SMILES string of the molecule is Cc1ccc(C(=O)N[C@@H](c2nnc(-c3ccco3)o2)P(=O)(O)O)cc1. The number of nitrogens with zero attached hydrogens (tertiary/aromatic N) is 2. The quantitative estimate of drug-likeness (QED) is 0.587. The van der Waals surface area contributed by atoms with E-state index in [4.69, 9.17) is 8.83 Å². The molecule has 10 heteroatoms. The normalized spacial score (nSPS) is 12.8. The number of carbonyl (C=O) groups excluding carboxylic acids is 1. The maximum atomic E-state index is 12.3. The van der Waals surface area contributed by atoms with Crippen molar-refractivity contribution in [1.29, 1.82) is 0 Å². The van der Waals surface area contributed by atoms with E-state index in [2.05, 4.69) is 15.5 Å². The van der Waals surface area contributed by atoms with Crippen LogP contribution in [-0.2, 0) is 4.57 Å². The monoisotopic (exact) mass is 363 g/mol. The molecule has 0 unspecified atom stereocenters. The van der Waals surface area contributed by atoms with E-state index in [0.29, 0.717) is 0 Å². The van der Waals surface area contributed by atoms with E-state index in [1.807, 2.05) is 6.92 Å². The molecule has 0 saturated carbocycles. The standard InChI is InChI=1S/C15H14N3O6P/c1-9-4-6-10(7-5-9)12(19)16-15(25(20,21)22)14-18-17-13(24-14)11-3-2-8-23-11/h2-8,15H,1H3,(H,16,19)(H2,20,21,22)/t15-/m1/s1. The lowest BCUT2D eigenvalue weighted by Gasteiger charge is -2.16.